The lowest BCUT2D eigenvalue weighted by molar-refractivity contribution is -0.0752. The zero-order valence-electron chi connectivity index (χ0n) is 34.1. The summed E-state index contributed by atoms with van der Waals surface area (Å²) >= 11 is 0. The molecule has 0 aliphatic heterocycles. The van der Waals surface area contributed by atoms with Crippen LogP contribution >= 0.6 is 0 Å². The van der Waals surface area contributed by atoms with E-state index in [1.807, 2.05) is 12.1 Å². The minimum absolute atomic E-state index is 0.0371. The topological polar surface area (TPSA) is 84.8 Å². The molecule has 0 bridgehead atoms. The number of carbonyl (C=O) groups is 1. The van der Waals surface area contributed by atoms with E-state index in [0.717, 1.165) is 74.2 Å². The number of nitrogens with one attached hydrogen (secondary N) is 1. The Kier molecular flexibility index (Phi) is 14.3. The molecule has 8 heteroatoms. The zero-order chi connectivity index (χ0) is 36.7. The summed E-state index contributed by atoms with van der Waals surface area (Å²) in [5, 5.41) is 12.6. The van der Waals surface area contributed by atoms with E-state index < -0.39 is 0 Å². The lowest BCUT2D eigenvalue weighted by atomic mass is 9.47. The molecule has 0 aromatic rings. The third kappa shape index (κ3) is 10.5. The molecule has 0 saturated heterocycles. The van der Waals surface area contributed by atoms with E-state index in [9.17, 15) is 4.79 Å². The predicted molar refractivity (Wildman–Crippen MR) is 204 cm³/mol. The maximum Gasteiger partial charge on any atom is 0.407 e. The average molecular weight is 701 g/mol. The smallest absolute Gasteiger partial charge is 0.407 e. The highest BCUT2D eigenvalue weighted by molar-refractivity contribution is 5.67. The molecule has 1 amide bonds. The van der Waals surface area contributed by atoms with Crippen molar-refractivity contribution < 1.29 is 19.0 Å². The molecule has 4 aliphatic rings. The van der Waals surface area contributed by atoms with Gasteiger partial charge in [-0.1, -0.05) is 70.8 Å². The molecular weight excluding hydrogens is 624 g/mol. The van der Waals surface area contributed by atoms with Gasteiger partial charge in [0, 0.05) is 26.6 Å². The first-order valence-electron chi connectivity index (χ1n) is 20.4. The first-order valence-corrected chi connectivity index (χ1v) is 20.4. The van der Waals surface area contributed by atoms with Gasteiger partial charge in [-0.25, -0.2) is 4.79 Å². The standard InChI is InChI=1S/C42H76N4O4/c1-30(2)13-12-14-31(3)35-17-18-36-34-16-15-32-29-33(19-21-41(32,8)37(34)20-22-42(35,36)9)50-38(47)44-25-28-49-40(6,7)24-27-48-39(4,5)23-26-46(11)45-43-10/h15,30-31,33-37H,12-14,16-29H2,1-11H3,(H,44,47). The van der Waals surface area contributed by atoms with Crippen molar-refractivity contribution in [1.82, 2.24) is 10.3 Å². The first kappa shape index (κ1) is 41.1. The summed E-state index contributed by atoms with van der Waals surface area (Å²) in [5.74, 6) is 5.04. The number of fused-ring (bicyclic) bond motifs is 5. The van der Waals surface area contributed by atoms with Crippen molar-refractivity contribution >= 4 is 6.09 Å². The van der Waals surface area contributed by atoms with Crippen molar-refractivity contribution in [1.29, 1.82) is 0 Å². The van der Waals surface area contributed by atoms with Crippen LogP contribution in [-0.4, -0.2) is 68.8 Å². The average Bonchev–Trinajstić information content (AvgIpc) is 3.39. The van der Waals surface area contributed by atoms with Crippen LogP contribution in [0.3, 0.4) is 0 Å². The Balaban J connectivity index is 1.18. The molecule has 288 valence electrons. The van der Waals surface area contributed by atoms with E-state index in [1.54, 1.807) is 12.6 Å². The summed E-state index contributed by atoms with van der Waals surface area (Å²) < 4.78 is 18.3. The summed E-state index contributed by atoms with van der Waals surface area (Å²) in [4.78, 5) is 12.8. The van der Waals surface area contributed by atoms with Gasteiger partial charge in [-0.3, -0.25) is 5.01 Å². The molecule has 0 heterocycles. The van der Waals surface area contributed by atoms with E-state index >= 15 is 0 Å². The lowest BCUT2D eigenvalue weighted by Crippen LogP contribution is -2.51. The lowest BCUT2D eigenvalue weighted by Gasteiger charge is -2.58. The molecule has 0 aromatic heterocycles. The van der Waals surface area contributed by atoms with Gasteiger partial charge in [0.05, 0.1) is 31.5 Å². The highest BCUT2D eigenvalue weighted by atomic mass is 16.6. The molecule has 4 aliphatic carbocycles. The Bertz CT molecular complexity index is 1150. The summed E-state index contributed by atoms with van der Waals surface area (Å²) in [6.07, 6.45) is 17.9. The predicted octanol–water partition coefficient (Wildman–Crippen LogP) is 10.4. The fraction of sp³-hybridized carbons (Fsp3) is 0.929. The van der Waals surface area contributed by atoms with Crippen molar-refractivity contribution in [3.8, 4) is 0 Å². The number of carbonyl (C=O) groups excluding carboxylic acids is 1. The van der Waals surface area contributed by atoms with Crippen molar-refractivity contribution in [2.24, 2.45) is 56.7 Å². The third-order valence-electron chi connectivity index (χ3n) is 13.9. The van der Waals surface area contributed by atoms with Gasteiger partial charge in [0.15, 0.2) is 0 Å². The highest BCUT2D eigenvalue weighted by Crippen LogP contribution is 2.67. The first-order chi connectivity index (χ1) is 23.5. The van der Waals surface area contributed by atoms with Crippen LogP contribution in [0.1, 0.15) is 146 Å². The maximum atomic E-state index is 12.8. The molecule has 0 radical (unpaired) electrons. The van der Waals surface area contributed by atoms with Crippen LogP contribution in [0.25, 0.3) is 0 Å². The van der Waals surface area contributed by atoms with Gasteiger partial charge in [-0.2, -0.15) is 5.11 Å². The number of hydrogen-bond donors (Lipinski definition) is 1. The number of rotatable bonds is 18. The minimum atomic E-state index is -0.351. The van der Waals surface area contributed by atoms with Gasteiger partial charge in [0.1, 0.15) is 6.10 Å². The second kappa shape index (κ2) is 17.4. The number of allylic oxidation sites excluding steroid dienone is 1. The van der Waals surface area contributed by atoms with Gasteiger partial charge in [-0.05, 0) is 132 Å². The Morgan fingerprint density at radius 3 is 2.42 bits per heavy atom. The summed E-state index contributed by atoms with van der Waals surface area (Å²) in [6, 6.07) is 0. The second-order valence-electron chi connectivity index (χ2n) is 18.9. The third-order valence-corrected chi connectivity index (χ3v) is 13.9. The zero-order valence-corrected chi connectivity index (χ0v) is 34.1. The van der Waals surface area contributed by atoms with Crippen molar-refractivity contribution in [2.45, 2.75) is 163 Å². The van der Waals surface area contributed by atoms with E-state index in [4.69, 9.17) is 14.2 Å². The fourth-order valence-electron chi connectivity index (χ4n) is 10.8. The number of amides is 1. The molecule has 0 spiro atoms. The van der Waals surface area contributed by atoms with E-state index in [-0.39, 0.29) is 28.8 Å². The Hall–Kier alpha value is -1.67. The van der Waals surface area contributed by atoms with Crippen molar-refractivity contribution in [3.63, 3.8) is 0 Å². The van der Waals surface area contributed by atoms with Crippen LogP contribution < -0.4 is 5.32 Å². The quantitative estimate of drug-likeness (QED) is 0.0666. The normalized spacial score (nSPS) is 31.9. The highest BCUT2D eigenvalue weighted by Gasteiger charge is 2.59. The second-order valence-corrected chi connectivity index (χ2v) is 18.9. The van der Waals surface area contributed by atoms with Gasteiger partial charge < -0.3 is 19.5 Å². The number of hydrogen-bond acceptors (Lipinski definition) is 6. The molecular formula is C42H76N4O4. The molecule has 8 nitrogen and oxygen atoms in total. The Labute approximate surface area is 306 Å². The fourth-order valence-corrected chi connectivity index (χ4v) is 10.8. The summed E-state index contributed by atoms with van der Waals surface area (Å²) in [5.41, 5.74) is 1.74. The molecule has 8 atom stereocenters. The van der Waals surface area contributed by atoms with Crippen LogP contribution in [0.4, 0.5) is 4.79 Å². The number of alkyl carbamates (subject to hydrolysis) is 1. The molecule has 4 rings (SSSR count). The van der Waals surface area contributed by atoms with Crippen LogP contribution in [0.5, 0.6) is 0 Å². The maximum absolute atomic E-state index is 12.8. The number of nitrogens with zero attached hydrogens (tertiary/aromatic N) is 3. The summed E-state index contributed by atoms with van der Waals surface area (Å²) in [6.45, 7) is 23.1. The molecule has 3 saturated carbocycles. The van der Waals surface area contributed by atoms with E-state index in [0.29, 0.717) is 25.2 Å². The van der Waals surface area contributed by atoms with Crippen LogP contribution in [0.2, 0.25) is 0 Å². The van der Waals surface area contributed by atoms with Crippen LogP contribution in [0.15, 0.2) is 22.0 Å². The van der Waals surface area contributed by atoms with Gasteiger partial charge in [-0.15, -0.1) is 0 Å². The molecule has 1 N–H and O–H groups in total. The molecule has 50 heavy (non-hydrogen) atoms. The van der Waals surface area contributed by atoms with Crippen molar-refractivity contribution in [3.05, 3.63) is 11.6 Å². The van der Waals surface area contributed by atoms with Gasteiger partial charge >= 0.3 is 6.09 Å². The van der Waals surface area contributed by atoms with E-state index in [1.165, 1.54) is 51.4 Å². The number of ether oxygens (including phenoxy) is 3. The Morgan fingerprint density at radius 2 is 1.70 bits per heavy atom. The van der Waals surface area contributed by atoms with E-state index in [2.05, 4.69) is 84.0 Å². The van der Waals surface area contributed by atoms with Crippen molar-refractivity contribution in [2.75, 3.05) is 40.4 Å². The molecule has 0 aromatic carbocycles. The summed E-state index contributed by atoms with van der Waals surface area (Å²) in [7, 11) is 3.59. The minimum Gasteiger partial charge on any atom is -0.446 e. The van der Waals surface area contributed by atoms with Crippen LogP contribution in [0, 0.1) is 46.3 Å². The van der Waals surface area contributed by atoms with Crippen LogP contribution in [-0.2, 0) is 14.2 Å². The Morgan fingerprint density at radius 1 is 0.980 bits per heavy atom. The van der Waals surface area contributed by atoms with Gasteiger partial charge in [0.25, 0.3) is 0 Å². The largest absolute Gasteiger partial charge is 0.446 e. The van der Waals surface area contributed by atoms with Gasteiger partial charge in [0.2, 0.25) is 0 Å². The molecule has 8 unspecified atom stereocenters. The monoisotopic (exact) mass is 701 g/mol. The molecule has 3 fully saturated rings. The SMILES string of the molecule is CN=NN(C)CCC(C)(C)OCCC(C)(C)OCCNC(=O)OC1CCC2(C)C(=CCC3C2CCC2(C)C(C(C)CCCC(C)C)CCC32)C1.